The molecule has 11 heteroatoms. The lowest BCUT2D eigenvalue weighted by Crippen LogP contribution is -2.54. The molecule has 1 saturated heterocycles. The first kappa shape index (κ1) is 27.6. The van der Waals surface area contributed by atoms with Gasteiger partial charge in [-0.2, -0.15) is 5.26 Å². The first-order valence-electron chi connectivity index (χ1n) is 11.2. The molecule has 1 aliphatic heterocycles. The van der Waals surface area contributed by atoms with Crippen LogP contribution in [-0.2, 0) is 16.2 Å². The van der Waals surface area contributed by atoms with Crippen LogP contribution in [0.15, 0.2) is 64.6 Å². The van der Waals surface area contributed by atoms with Crippen molar-refractivity contribution < 1.29 is 19.1 Å². The highest BCUT2D eigenvalue weighted by molar-refractivity contribution is 9.10. The van der Waals surface area contributed by atoms with Crippen LogP contribution in [0.3, 0.4) is 0 Å². The molecule has 3 aromatic rings. The number of benzene rings is 3. The zero-order valence-electron chi connectivity index (χ0n) is 19.8. The summed E-state index contributed by atoms with van der Waals surface area (Å²) in [6.45, 7) is 2.31. The number of halogens is 3. The number of carbonyl (C=O) groups is 2. The van der Waals surface area contributed by atoms with Crippen molar-refractivity contribution in [2.24, 2.45) is 0 Å². The van der Waals surface area contributed by atoms with Crippen LogP contribution in [0, 0.1) is 11.3 Å². The summed E-state index contributed by atoms with van der Waals surface area (Å²) in [4.78, 5) is 27.3. The van der Waals surface area contributed by atoms with E-state index < -0.39 is 11.8 Å². The van der Waals surface area contributed by atoms with E-state index in [4.69, 9.17) is 44.9 Å². The maximum absolute atomic E-state index is 13.4. The Morgan fingerprint density at radius 2 is 1.84 bits per heavy atom. The Kier molecular flexibility index (Phi) is 8.69. The molecule has 3 aromatic carbocycles. The van der Waals surface area contributed by atoms with Crippen molar-refractivity contribution in [2.45, 2.75) is 13.5 Å². The number of ether oxygens (including phenoxy) is 2. The fourth-order valence-corrected chi connectivity index (χ4v) is 4.74. The number of nitrogens with one attached hydrogen (secondary N) is 1. The minimum atomic E-state index is -0.666. The summed E-state index contributed by atoms with van der Waals surface area (Å²) < 4.78 is 12.3. The number of rotatable bonds is 7. The van der Waals surface area contributed by atoms with Gasteiger partial charge in [0.05, 0.1) is 34.0 Å². The van der Waals surface area contributed by atoms with Gasteiger partial charge in [-0.1, -0.05) is 63.4 Å². The van der Waals surface area contributed by atoms with Gasteiger partial charge in [-0.15, -0.1) is 0 Å². The second-order valence-corrected chi connectivity index (χ2v) is 9.87. The van der Waals surface area contributed by atoms with Crippen LogP contribution in [0.1, 0.15) is 23.6 Å². The fraction of sp³-hybridized carbons (Fsp3) is 0.111. The predicted octanol–water partition coefficient (Wildman–Crippen LogP) is 6.44. The maximum Gasteiger partial charge on any atom is 0.270 e. The summed E-state index contributed by atoms with van der Waals surface area (Å²) in [6.07, 6.45) is 1.42. The quantitative estimate of drug-likeness (QED) is 0.184. The number of carbonyl (C=O) groups excluding carboxylic acids is 2. The molecule has 0 atom stereocenters. The highest BCUT2D eigenvalue weighted by atomic mass is 79.9. The van der Waals surface area contributed by atoms with Gasteiger partial charge in [0, 0.05) is 10.0 Å². The molecule has 0 aliphatic carbocycles. The van der Waals surface area contributed by atoms with Gasteiger partial charge in [-0.25, -0.2) is 0 Å². The van der Waals surface area contributed by atoms with Gasteiger partial charge in [0.1, 0.15) is 12.2 Å². The number of amides is 2. The summed E-state index contributed by atoms with van der Waals surface area (Å²) in [7, 11) is 0. The van der Waals surface area contributed by atoms with E-state index in [1.54, 1.807) is 42.5 Å². The molecule has 2 amide bonds. The second kappa shape index (κ2) is 12.0. The molecular formula is C27H18BrCl2N3O4S. The molecule has 0 saturated carbocycles. The van der Waals surface area contributed by atoms with E-state index >= 15 is 0 Å². The lowest BCUT2D eigenvalue weighted by molar-refractivity contribution is -0.122. The molecule has 0 bridgehead atoms. The number of nitrogens with zero attached hydrogens (tertiary/aromatic N) is 2. The van der Waals surface area contributed by atoms with E-state index in [9.17, 15) is 14.9 Å². The van der Waals surface area contributed by atoms with Crippen molar-refractivity contribution in [1.29, 1.82) is 5.26 Å². The molecule has 1 fully saturated rings. The second-order valence-electron chi connectivity index (χ2n) is 7.84. The highest BCUT2D eigenvalue weighted by Gasteiger charge is 2.36. The van der Waals surface area contributed by atoms with Gasteiger partial charge in [-0.05, 0) is 61.1 Å². The van der Waals surface area contributed by atoms with E-state index in [1.807, 2.05) is 19.1 Å². The molecule has 0 spiro atoms. The lowest BCUT2D eigenvalue weighted by Gasteiger charge is -2.29. The Morgan fingerprint density at radius 1 is 1.11 bits per heavy atom. The third-order valence-electron chi connectivity index (χ3n) is 5.46. The topological polar surface area (TPSA) is 91.7 Å². The van der Waals surface area contributed by atoms with E-state index in [1.165, 1.54) is 6.08 Å². The number of hydrogen-bond acceptors (Lipinski definition) is 6. The Hall–Kier alpha value is -3.42. The molecule has 4 rings (SSSR count). The maximum atomic E-state index is 13.4. The van der Waals surface area contributed by atoms with Crippen LogP contribution in [0.5, 0.6) is 11.5 Å². The van der Waals surface area contributed by atoms with E-state index in [0.717, 1.165) is 10.5 Å². The van der Waals surface area contributed by atoms with Crippen molar-refractivity contribution in [1.82, 2.24) is 5.32 Å². The average molecular weight is 631 g/mol. The zero-order valence-corrected chi connectivity index (χ0v) is 23.7. The summed E-state index contributed by atoms with van der Waals surface area (Å²) in [5.41, 5.74) is 1.79. The SMILES string of the molecule is CCOc1cc(/C=C2\C(=O)NC(=S)N(c3cccc(Cl)c3Cl)C2=O)c(Br)cc1OCc1ccccc1C#N. The Morgan fingerprint density at radius 3 is 2.58 bits per heavy atom. The molecule has 0 unspecified atom stereocenters. The Labute approximate surface area is 242 Å². The molecule has 0 aromatic heterocycles. The molecule has 7 nitrogen and oxygen atoms in total. The van der Waals surface area contributed by atoms with Crippen LogP contribution in [0.25, 0.3) is 6.08 Å². The smallest absolute Gasteiger partial charge is 0.270 e. The highest BCUT2D eigenvalue weighted by Crippen LogP contribution is 2.37. The van der Waals surface area contributed by atoms with Crippen molar-refractivity contribution >= 4 is 80.0 Å². The van der Waals surface area contributed by atoms with Crippen LogP contribution in [0.2, 0.25) is 10.0 Å². The summed E-state index contributed by atoms with van der Waals surface area (Å²) in [5, 5.41) is 12.1. The number of nitriles is 1. The van der Waals surface area contributed by atoms with Crippen molar-refractivity contribution in [3.63, 3.8) is 0 Å². The number of anilines is 1. The Balaban J connectivity index is 1.69. The Bertz CT molecular complexity index is 1540. The van der Waals surface area contributed by atoms with Crippen molar-refractivity contribution in [2.75, 3.05) is 11.5 Å². The number of thiocarbonyl (C=S) groups is 1. The molecule has 1 N–H and O–H groups in total. The summed E-state index contributed by atoms with van der Waals surface area (Å²) >= 11 is 21.2. The van der Waals surface area contributed by atoms with Gasteiger partial charge in [0.2, 0.25) is 0 Å². The molecule has 1 heterocycles. The molecule has 0 radical (unpaired) electrons. The van der Waals surface area contributed by atoms with Crippen LogP contribution in [0.4, 0.5) is 5.69 Å². The zero-order chi connectivity index (χ0) is 27.4. The average Bonchev–Trinajstić information content (AvgIpc) is 2.89. The monoisotopic (exact) mass is 629 g/mol. The third kappa shape index (κ3) is 5.69. The van der Waals surface area contributed by atoms with E-state index in [0.29, 0.717) is 33.7 Å². The van der Waals surface area contributed by atoms with Crippen molar-refractivity contribution in [3.8, 4) is 17.6 Å². The minimum absolute atomic E-state index is 0.114. The normalized spacial score (nSPS) is 14.3. The van der Waals surface area contributed by atoms with E-state index in [-0.39, 0.29) is 33.0 Å². The van der Waals surface area contributed by atoms with Gasteiger partial charge in [0.15, 0.2) is 16.6 Å². The van der Waals surface area contributed by atoms with Crippen molar-refractivity contribution in [3.05, 3.63) is 91.4 Å². The van der Waals surface area contributed by atoms with Gasteiger partial charge in [-0.3, -0.25) is 19.8 Å². The third-order valence-corrected chi connectivity index (χ3v) is 7.24. The van der Waals surface area contributed by atoms with Gasteiger partial charge in [0.25, 0.3) is 11.8 Å². The summed E-state index contributed by atoms with van der Waals surface area (Å²) in [5.74, 6) is -0.513. The number of hydrogen-bond donors (Lipinski definition) is 1. The summed E-state index contributed by atoms with van der Waals surface area (Å²) in [6, 6.07) is 17.4. The molecule has 38 heavy (non-hydrogen) atoms. The van der Waals surface area contributed by atoms with Gasteiger partial charge < -0.3 is 9.47 Å². The van der Waals surface area contributed by atoms with Crippen LogP contribution in [-0.4, -0.2) is 23.5 Å². The molecular weight excluding hydrogens is 613 g/mol. The van der Waals surface area contributed by atoms with Gasteiger partial charge >= 0.3 is 0 Å². The lowest BCUT2D eigenvalue weighted by atomic mass is 10.1. The molecule has 1 aliphatic rings. The fourth-order valence-electron chi connectivity index (χ4n) is 3.65. The first-order chi connectivity index (χ1) is 18.2. The largest absolute Gasteiger partial charge is 0.490 e. The van der Waals surface area contributed by atoms with Crippen LogP contribution < -0.4 is 19.7 Å². The van der Waals surface area contributed by atoms with Crippen LogP contribution >= 0.6 is 51.3 Å². The van der Waals surface area contributed by atoms with E-state index in [2.05, 4.69) is 27.3 Å². The first-order valence-corrected chi connectivity index (χ1v) is 13.1. The molecule has 192 valence electrons. The predicted molar refractivity (Wildman–Crippen MR) is 153 cm³/mol. The standard InChI is InChI=1S/C27H18BrCl2N3O4S/c1-2-36-22-11-17(19(28)12-23(22)37-14-16-7-4-3-6-15(16)13-31)10-18-25(34)32-27(38)33(26(18)35)21-9-5-8-20(29)24(21)30/h3-12H,2,14H2,1H3,(H,32,34,38)/b18-10+. The minimum Gasteiger partial charge on any atom is -0.490 e.